The molecule has 0 N–H and O–H groups in total. The molecule has 0 aliphatic rings. The fourth-order valence-electron chi connectivity index (χ4n) is 1.77. The highest BCUT2D eigenvalue weighted by Gasteiger charge is 2.19. The van der Waals surface area contributed by atoms with Crippen LogP contribution in [-0.2, 0) is 0 Å². The lowest BCUT2D eigenvalue weighted by atomic mass is 9.99. The van der Waals surface area contributed by atoms with Gasteiger partial charge in [0.2, 0.25) is 5.78 Å². The molecule has 0 saturated carbocycles. The standard InChI is InChI=1S/C12H12N2O2S/c1-7-4-8(2)11(10(5-7)16-3)12(15)9-6-17-14-13-9/h4-6H,1-3H3. The summed E-state index contributed by atoms with van der Waals surface area (Å²) >= 11 is 1.16. The van der Waals surface area contributed by atoms with Crippen LogP contribution in [0.1, 0.15) is 27.2 Å². The molecule has 0 aliphatic heterocycles. The minimum Gasteiger partial charge on any atom is -0.496 e. The number of rotatable bonds is 3. The molecule has 0 fully saturated rings. The van der Waals surface area contributed by atoms with Gasteiger partial charge in [-0.1, -0.05) is 10.6 Å². The Bertz CT molecular complexity index is 550. The molecule has 0 atom stereocenters. The average molecular weight is 248 g/mol. The first-order valence-corrected chi connectivity index (χ1v) is 5.94. The predicted molar refractivity (Wildman–Crippen MR) is 65.8 cm³/mol. The maximum Gasteiger partial charge on any atom is 0.218 e. The van der Waals surface area contributed by atoms with Crippen LogP contribution in [-0.4, -0.2) is 22.5 Å². The molecule has 17 heavy (non-hydrogen) atoms. The van der Waals surface area contributed by atoms with Crippen LogP contribution in [0.4, 0.5) is 0 Å². The number of methoxy groups -OCH3 is 1. The van der Waals surface area contributed by atoms with Gasteiger partial charge in [0.05, 0.1) is 12.7 Å². The zero-order chi connectivity index (χ0) is 12.4. The maximum absolute atomic E-state index is 12.2. The van der Waals surface area contributed by atoms with E-state index in [1.807, 2.05) is 26.0 Å². The van der Waals surface area contributed by atoms with Gasteiger partial charge in [0.15, 0.2) is 0 Å². The molecule has 5 heteroatoms. The monoisotopic (exact) mass is 248 g/mol. The fourth-order valence-corrected chi connectivity index (χ4v) is 2.21. The van der Waals surface area contributed by atoms with E-state index >= 15 is 0 Å². The number of carbonyl (C=O) groups is 1. The van der Waals surface area contributed by atoms with Crippen molar-refractivity contribution in [2.24, 2.45) is 0 Å². The second-order valence-corrected chi connectivity index (χ2v) is 4.39. The topological polar surface area (TPSA) is 52.1 Å². The molecule has 1 aromatic carbocycles. The second-order valence-electron chi connectivity index (χ2n) is 3.78. The number of aromatic nitrogens is 2. The summed E-state index contributed by atoms with van der Waals surface area (Å²) in [6.45, 7) is 3.86. The minimum atomic E-state index is -0.145. The van der Waals surface area contributed by atoms with E-state index in [0.29, 0.717) is 17.0 Å². The number of carbonyl (C=O) groups excluding carboxylic acids is 1. The molecule has 0 saturated heterocycles. The quantitative estimate of drug-likeness (QED) is 0.783. The summed E-state index contributed by atoms with van der Waals surface area (Å²) in [6, 6.07) is 3.80. The normalized spacial score (nSPS) is 10.3. The van der Waals surface area contributed by atoms with Gasteiger partial charge >= 0.3 is 0 Å². The van der Waals surface area contributed by atoms with Gasteiger partial charge in [0.1, 0.15) is 11.4 Å². The molecule has 0 unspecified atom stereocenters. The SMILES string of the molecule is COc1cc(C)cc(C)c1C(=O)c1csnn1. The van der Waals surface area contributed by atoms with E-state index in [4.69, 9.17) is 4.74 Å². The van der Waals surface area contributed by atoms with E-state index < -0.39 is 0 Å². The minimum absolute atomic E-state index is 0.145. The predicted octanol–water partition coefficient (Wildman–Crippen LogP) is 2.39. The zero-order valence-electron chi connectivity index (χ0n) is 9.85. The molecule has 88 valence electrons. The van der Waals surface area contributed by atoms with Crippen molar-refractivity contribution in [3.8, 4) is 5.75 Å². The lowest BCUT2D eigenvalue weighted by Gasteiger charge is -2.10. The summed E-state index contributed by atoms with van der Waals surface area (Å²) in [5.41, 5.74) is 2.87. The molecule has 0 radical (unpaired) electrons. The lowest BCUT2D eigenvalue weighted by Crippen LogP contribution is -2.07. The van der Waals surface area contributed by atoms with Crippen molar-refractivity contribution in [3.05, 3.63) is 39.9 Å². The van der Waals surface area contributed by atoms with Gasteiger partial charge in [0, 0.05) is 5.38 Å². The molecule has 0 spiro atoms. The Hall–Kier alpha value is -1.75. The highest BCUT2D eigenvalue weighted by Crippen LogP contribution is 2.26. The molecule has 2 aromatic rings. The first-order chi connectivity index (χ1) is 8.13. The summed E-state index contributed by atoms with van der Waals surface area (Å²) in [7, 11) is 1.56. The van der Waals surface area contributed by atoms with Crippen LogP contribution in [0.25, 0.3) is 0 Å². The van der Waals surface area contributed by atoms with E-state index in [0.717, 1.165) is 22.7 Å². The smallest absolute Gasteiger partial charge is 0.218 e. The summed E-state index contributed by atoms with van der Waals surface area (Å²) < 4.78 is 8.96. The number of hydrogen-bond acceptors (Lipinski definition) is 5. The fraction of sp³-hybridized carbons (Fsp3) is 0.250. The number of benzene rings is 1. The van der Waals surface area contributed by atoms with Crippen LogP contribution < -0.4 is 4.74 Å². The number of aryl methyl sites for hydroxylation is 2. The summed E-state index contributed by atoms with van der Waals surface area (Å²) in [5.74, 6) is 0.439. The molecule has 1 aromatic heterocycles. The second kappa shape index (κ2) is 4.63. The van der Waals surface area contributed by atoms with Gasteiger partial charge in [-0.3, -0.25) is 4.79 Å². The first-order valence-electron chi connectivity index (χ1n) is 5.10. The third-order valence-electron chi connectivity index (χ3n) is 2.48. The van der Waals surface area contributed by atoms with Crippen molar-refractivity contribution in [1.82, 2.24) is 9.59 Å². The van der Waals surface area contributed by atoms with Crippen molar-refractivity contribution in [2.75, 3.05) is 7.11 Å². The highest BCUT2D eigenvalue weighted by atomic mass is 32.1. The largest absolute Gasteiger partial charge is 0.496 e. The Morgan fingerprint density at radius 1 is 1.35 bits per heavy atom. The van der Waals surface area contributed by atoms with Crippen LogP contribution in [0.5, 0.6) is 5.75 Å². The third-order valence-corrected chi connectivity index (χ3v) is 2.99. The Morgan fingerprint density at radius 3 is 2.71 bits per heavy atom. The van der Waals surface area contributed by atoms with Crippen molar-refractivity contribution in [1.29, 1.82) is 0 Å². The summed E-state index contributed by atoms with van der Waals surface area (Å²) in [6.07, 6.45) is 0. The Labute approximate surface area is 103 Å². The zero-order valence-corrected chi connectivity index (χ0v) is 10.7. The van der Waals surface area contributed by atoms with Gasteiger partial charge in [-0.25, -0.2) is 0 Å². The van der Waals surface area contributed by atoms with Crippen LogP contribution in [0.15, 0.2) is 17.5 Å². The van der Waals surface area contributed by atoms with Gasteiger partial charge in [0.25, 0.3) is 0 Å². The Kier molecular flexibility index (Phi) is 3.19. The molecule has 0 aliphatic carbocycles. The van der Waals surface area contributed by atoms with Crippen molar-refractivity contribution in [2.45, 2.75) is 13.8 Å². The van der Waals surface area contributed by atoms with E-state index in [-0.39, 0.29) is 5.78 Å². The number of nitrogens with zero attached hydrogens (tertiary/aromatic N) is 2. The molecule has 1 heterocycles. The maximum atomic E-state index is 12.2. The molecule has 4 nitrogen and oxygen atoms in total. The van der Waals surface area contributed by atoms with E-state index in [9.17, 15) is 4.79 Å². The van der Waals surface area contributed by atoms with Crippen molar-refractivity contribution < 1.29 is 9.53 Å². The van der Waals surface area contributed by atoms with Gasteiger partial charge < -0.3 is 4.74 Å². The first kappa shape index (κ1) is 11.7. The van der Waals surface area contributed by atoms with E-state index in [1.54, 1.807) is 12.5 Å². The third kappa shape index (κ3) is 2.19. The molecule has 0 bridgehead atoms. The van der Waals surface area contributed by atoms with Crippen molar-refractivity contribution in [3.63, 3.8) is 0 Å². The van der Waals surface area contributed by atoms with Gasteiger partial charge in [-0.05, 0) is 42.6 Å². The number of ketones is 1. The molecule has 2 rings (SSSR count). The highest BCUT2D eigenvalue weighted by molar-refractivity contribution is 7.03. The summed E-state index contributed by atoms with van der Waals surface area (Å²) in [5, 5.41) is 5.43. The Balaban J connectivity index is 2.55. The Morgan fingerprint density at radius 2 is 2.12 bits per heavy atom. The van der Waals surface area contributed by atoms with E-state index in [2.05, 4.69) is 9.59 Å². The van der Waals surface area contributed by atoms with Crippen LogP contribution in [0.3, 0.4) is 0 Å². The lowest BCUT2D eigenvalue weighted by molar-refractivity contribution is 0.103. The van der Waals surface area contributed by atoms with Crippen molar-refractivity contribution >= 4 is 17.3 Å². The summed E-state index contributed by atoms with van der Waals surface area (Å²) in [4.78, 5) is 12.2. The molecule has 0 amide bonds. The van der Waals surface area contributed by atoms with Crippen LogP contribution >= 0.6 is 11.5 Å². The number of ether oxygens (including phenoxy) is 1. The van der Waals surface area contributed by atoms with Gasteiger partial charge in [-0.2, -0.15) is 0 Å². The van der Waals surface area contributed by atoms with Crippen LogP contribution in [0.2, 0.25) is 0 Å². The molecular weight excluding hydrogens is 236 g/mol. The molecular formula is C12H12N2O2S. The van der Waals surface area contributed by atoms with E-state index in [1.165, 1.54) is 0 Å². The van der Waals surface area contributed by atoms with Crippen LogP contribution in [0, 0.1) is 13.8 Å². The average Bonchev–Trinajstić information content (AvgIpc) is 2.80. The number of hydrogen-bond donors (Lipinski definition) is 0. The van der Waals surface area contributed by atoms with Gasteiger partial charge in [-0.15, -0.1) is 5.10 Å².